The van der Waals surface area contributed by atoms with E-state index in [9.17, 15) is 24.9 Å². The summed E-state index contributed by atoms with van der Waals surface area (Å²) in [4.78, 5) is 25.8. The van der Waals surface area contributed by atoms with E-state index in [1.54, 1.807) is 0 Å². The van der Waals surface area contributed by atoms with E-state index >= 15 is 0 Å². The van der Waals surface area contributed by atoms with Crippen molar-refractivity contribution in [3.8, 4) is 5.75 Å². The maximum absolute atomic E-state index is 13.7. The number of hydrogen-bond donors (Lipinski definition) is 3. The second kappa shape index (κ2) is 20.6. The lowest BCUT2D eigenvalue weighted by molar-refractivity contribution is -0.295. The molecule has 0 saturated carbocycles. The number of ether oxygens (including phenoxy) is 4. The number of fused-ring (bicyclic) bond motifs is 2. The number of unbranched alkanes of at least 4 members (excludes halogenated alkanes) is 10. The van der Waals surface area contributed by atoms with Gasteiger partial charge in [0.2, 0.25) is 0 Å². The van der Waals surface area contributed by atoms with Crippen LogP contribution < -0.4 is 4.74 Å². The van der Waals surface area contributed by atoms with Crippen molar-refractivity contribution in [1.29, 1.82) is 0 Å². The fourth-order valence-corrected chi connectivity index (χ4v) is 6.68. The first-order valence-electron chi connectivity index (χ1n) is 18.3. The van der Waals surface area contributed by atoms with Crippen LogP contribution in [0.2, 0.25) is 0 Å². The maximum Gasteiger partial charge on any atom is 0.314 e. The largest absolute Gasteiger partial charge is 0.463 e. The smallest absolute Gasteiger partial charge is 0.314 e. The van der Waals surface area contributed by atoms with Gasteiger partial charge in [-0.3, -0.25) is 9.59 Å². The average Bonchev–Trinajstić information content (AvgIpc) is 3.11. The quantitative estimate of drug-likeness (QED) is 0.0456. The van der Waals surface area contributed by atoms with Gasteiger partial charge in [-0.05, 0) is 36.1 Å². The third-order valence-corrected chi connectivity index (χ3v) is 9.66. The number of methoxy groups -OCH3 is 1. The zero-order chi connectivity index (χ0) is 35.0. The number of carbonyl (C=O) groups excluding carboxylic acids is 2. The monoisotopic (exact) mass is 680 g/mol. The van der Waals surface area contributed by atoms with Crippen LogP contribution >= 0.6 is 0 Å². The minimum Gasteiger partial charge on any atom is -0.463 e. The van der Waals surface area contributed by atoms with E-state index in [0.29, 0.717) is 12.2 Å². The number of carbonyl (C=O) groups is 2. The van der Waals surface area contributed by atoms with E-state index in [0.717, 1.165) is 98.6 Å². The molecule has 0 aliphatic carbocycles. The summed E-state index contributed by atoms with van der Waals surface area (Å²) in [5.41, 5.74) is 0. The summed E-state index contributed by atoms with van der Waals surface area (Å²) in [5, 5.41) is 34.0. The van der Waals surface area contributed by atoms with Crippen molar-refractivity contribution in [3.05, 3.63) is 54.6 Å². The summed E-state index contributed by atoms with van der Waals surface area (Å²) >= 11 is 0. The summed E-state index contributed by atoms with van der Waals surface area (Å²) in [5.74, 6) is 0.0556. The lowest BCUT2D eigenvalue weighted by Gasteiger charge is -2.39. The molecule has 0 spiro atoms. The predicted octanol–water partition coefficient (Wildman–Crippen LogP) is 7.38. The standard InChI is InChI=1S/C40H56O9/c1-3-4-5-12-19-28(39(45)49-38-31-23-17-15-21-29(31)26-30-22-16-18-24-32(30)38)20-13-10-8-6-7-9-11-14-25-34(41)47-27-33-35(42)36(43)37(44)40(46-2)48-33/h15-18,21-24,26,28,33,35-37,40,42-44H,3-14,19-20,25,27H2,1-2H3/t28?,33-,35+,36+,37-,40+/m1/s1. The molecule has 1 aliphatic heterocycles. The molecule has 3 aromatic rings. The fourth-order valence-electron chi connectivity index (χ4n) is 6.68. The van der Waals surface area contributed by atoms with E-state index < -0.39 is 30.7 Å². The van der Waals surface area contributed by atoms with Crippen LogP contribution in [0, 0.1) is 5.92 Å². The first-order valence-corrected chi connectivity index (χ1v) is 18.3. The van der Waals surface area contributed by atoms with Gasteiger partial charge < -0.3 is 34.3 Å². The Morgan fingerprint density at radius 2 is 1.29 bits per heavy atom. The van der Waals surface area contributed by atoms with Crippen molar-refractivity contribution < 1.29 is 43.9 Å². The Labute approximate surface area is 290 Å². The molecular weight excluding hydrogens is 624 g/mol. The second-order valence-electron chi connectivity index (χ2n) is 13.4. The number of rotatable bonds is 21. The van der Waals surface area contributed by atoms with Crippen LogP contribution in [-0.4, -0.2) is 71.7 Å². The van der Waals surface area contributed by atoms with Crippen LogP contribution in [-0.2, 0) is 23.8 Å². The molecule has 1 saturated heterocycles. The van der Waals surface area contributed by atoms with Crippen LogP contribution in [0.1, 0.15) is 103 Å². The molecule has 3 N–H and O–H groups in total. The normalized spacial score (nSPS) is 21.5. The number of hydrogen-bond acceptors (Lipinski definition) is 9. The number of aliphatic hydroxyl groups is 3. The van der Waals surface area contributed by atoms with E-state index in [2.05, 4.69) is 25.1 Å². The molecule has 9 nitrogen and oxygen atoms in total. The van der Waals surface area contributed by atoms with E-state index in [1.165, 1.54) is 13.5 Å². The topological polar surface area (TPSA) is 132 Å². The molecule has 0 amide bonds. The molecule has 270 valence electrons. The number of benzene rings is 3. The zero-order valence-corrected chi connectivity index (χ0v) is 29.3. The Kier molecular flexibility index (Phi) is 16.2. The fraction of sp³-hybridized carbons (Fsp3) is 0.600. The Hall–Kier alpha value is -3.08. The van der Waals surface area contributed by atoms with E-state index in [1.807, 2.05) is 36.4 Å². The van der Waals surface area contributed by atoms with Gasteiger partial charge >= 0.3 is 11.9 Å². The van der Waals surface area contributed by atoms with Crippen molar-refractivity contribution >= 4 is 33.5 Å². The van der Waals surface area contributed by atoms with Gasteiger partial charge in [-0.15, -0.1) is 0 Å². The highest BCUT2D eigenvalue weighted by Gasteiger charge is 2.44. The Bertz CT molecular complexity index is 1390. The minimum absolute atomic E-state index is 0.111. The molecule has 1 aliphatic rings. The lowest BCUT2D eigenvalue weighted by atomic mass is 9.94. The van der Waals surface area contributed by atoms with Crippen molar-refractivity contribution in [2.24, 2.45) is 5.92 Å². The molecule has 1 unspecified atom stereocenters. The van der Waals surface area contributed by atoms with Gasteiger partial charge in [0.05, 0.1) is 5.92 Å². The van der Waals surface area contributed by atoms with Crippen LogP contribution in [0.3, 0.4) is 0 Å². The molecule has 6 atom stereocenters. The van der Waals surface area contributed by atoms with E-state index in [4.69, 9.17) is 18.9 Å². The molecule has 1 fully saturated rings. The molecule has 4 rings (SSSR count). The van der Waals surface area contributed by atoms with Crippen molar-refractivity contribution in [1.82, 2.24) is 0 Å². The first-order chi connectivity index (χ1) is 23.8. The Morgan fingerprint density at radius 1 is 0.735 bits per heavy atom. The predicted molar refractivity (Wildman–Crippen MR) is 190 cm³/mol. The Balaban J connectivity index is 1.14. The molecule has 0 radical (unpaired) electrons. The molecule has 0 bridgehead atoms. The number of aliphatic hydroxyl groups excluding tert-OH is 3. The summed E-state index contributed by atoms with van der Waals surface area (Å²) < 4.78 is 21.9. The van der Waals surface area contributed by atoms with Crippen LogP contribution in [0.25, 0.3) is 21.5 Å². The summed E-state index contributed by atoms with van der Waals surface area (Å²) in [6.45, 7) is 1.98. The molecule has 0 aromatic heterocycles. The summed E-state index contributed by atoms with van der Waals surface area (Å²) in [6.07, 6.45) is 8.26. The average molecular weight is 681 g/mol. The lowest BCUT2D eigenvalue weighted by Crippen LogP contribution is -2.59. The third-order valence-electron chi connectivity index (χ3n) is 9.66. The van der Waals surface area contributed by atoms with Gasteiger partial charge in [-0.25, -0.2) is 0 Å². The SMILES string of the molecule is CCCCCCC(CCCCCCCCCCC(=O)OC[C@H]1O[C@H](OC)[C@H](O)[C@@H](O)[C@H]1O)C(=O)Oc1c2ccccc2cc2ccccc12. The highest BCUT2D eigenvalue weighted by atomic mass is 16.7. The molecule has 49 heavy (non-hydrogen) atoms. The van der Waals surface area contributed by atoms with Gasteiger partial charge in [0.15, 0.2) is 6.29 Å². The van der Waals surface area contributed by atoms with Crippen molar-refractivity contribution in [2.75, 3.05) is 13.7 Å². The van der Waals surface area contributed by atoms with Gasteiger partial charge in [0.1, 0.15) is 36.8 Å². The maximum atomic E-state index is 13.7. The highest BCUT2D eigenvalue weighted by Crippen LogP contribution is 2.36. The second-order valence-corrected chi connectivity index (χ2v) is 13.4. The van der Waals surface area contributed by atoms with Gasteiger partial charge in [-0.2, -0.15) is 0 Å². The first kappa shape index (κ1) is 38.7. The van der Waals surface area contributed by atoms with Crippen molar-refractivity contribution in [2.45, 2.75) is 134 Å². The molecular formula is C40H56O9. The third kappa shape index (κ3) is 11.5. The summed E-state index contributed by atoms with van der Waals surface area (Å²) in [7, 11) is 1.32. The zero-order valence-electron chi connectivity index (χ0n) is 29.3. The highest BCUT2D eigenvalue weighted by molar-refractivity contribution is 6.06. The van der Waals surface area contributed by atoms with Crippen LogP contribution in [0.15, 0.2) is 54.6 Å². The Morgan fingerprint density at radius 3 is 1.88 bits per heavy atom. The molecule has 3 aromatic carbocycles. The van der Waals surface area contributed by atoms with Crippen LogP contribution in [0.4, 0.5) is 0 Å². The molecule has 9 heteroatoms. The molecule has 1 heterocycles. The van der Waals surface area contributed by atoms with Gasteiger partial charge in [-0.1, -0.05) is 126 Å². The van der Waals surface area contributed by atoms with Gasteiger partial charge in [0.25, 0.3) is 0 Å². The number of esters is 2. The summed E-state index contributed by atoms with van der Waals surface area (Å²) in [6, 6.07) is 18.3. The van der Waals surface area contributed by atoms with Crippen LogP contribution in [0.5, 0.6) is 5.75 Å². The van der Waals surface area contributed by atoms with E-state index in [-0.39, 0.29) is 30.9 Å². The van der Waals surface area contributed by atoms with Gasteiger partial charge in [0, 0.05) is 24.3 Å². The minimum atomic E-state index is -1.45. The van der Waals surface area contributed by atoms with Crippen molar-refractivity contribution in [3.63, 3.8) is 0 Å².